The minimum atomic E-state index is -0.385. The van der Waals surface area contributed by atoms with Crippen molar-refractivity contribution in [1.82, 2.24) is 5.32 Å². The number of rotatable bonds is 5. The van der Waals surface area contributed by atoms with E-state index in [9.17, 15) is 4.79 Å². The second-order valence-corrected chi connectivity index (χ2v) is 5.31. The van der Waals surface area contributed by atoms with E-state index < -0.39 is 0 Å². The van der Waals surface area contributed by atoms with Crippen molar-refractivity contribution >= 4 is 18.5 Å². The van der Waals surface area contributed by atoms with Gasteiger partial charge in [0.25, 0.3) is 0 Å². The number of amides is 1. The number of alkyl carbamates (subject to hydrolysis) is 1. The average molecular weight is 350 g/mol. The topological polar surface area (TPSA) is 56.8 Å². The van der Waals surface area contributed by atoms with Gasteiger partial charge in [0.15, 0.2) is 11.5 Å². The number of hydrogen-bond donors (Lipinski definition) is 1. The largest absolute Gasteiger partial charge is 0.493 e. The third-order valence-electron chi connectivity index (χ3n) is 3.76. The summed E-state index contributed by atoms with van der Waals surface area (Å²) in [4.78, 5) is 11.4. The molecule has 1 amide bonds. The zero-order valence-corrected chi connectivity index (χ0v) is 14.2. The summed E-state index contributed by atoms with van der Waals surface area (Å²) in [7, 11) is 1.61. The molecule has 0 radical (unpaired) electrons. The maximum atomic E-state index is 11.4. The van der Waals surface area contributed by atoms with E-state index in [4.69, 9.17) is 14.2 Å². The highest BCUT2D eigenvalue weighted by Gasteiger charge is 2.22. The van der Waals surface area contributed by atoms with Crippen LogP contribution in [0.25, 0.3) is 0 Å². The number of methoxy groups -OCH3 is 1. The summed E-state index contributed by atoms with van der Waals surface area (Å²) < 4.78 is 16.2. The predicted octanol–water partition coefficient (Wildman–Crippen LogP) is 3.87. The van der Waals surface area contributed by atoms with Gasteiger partial charge in [0.05, 0.1) is 19.8 Å². The molecular weight excluding hydrogens is 330 g/mol. The van der Waals surface area contributed by atoms with Gasteiger partial charge in [-0.3, -0.25) is 0 Å². The fraction of sp³-hybridized carbons (Fsp3) is 0.278. The minimum absolute atomic E-state index is 0. The standard InChI is InChI=1S/C18H19NO4.ClH/c1-21-16-8-7-14(15-9-10-22-18(20)19-15)11-17(16)23-12-13-5-3-2-4-6-13;/h2-8,11,15H,9-10,12H2,1H3,(H,19,20);1H/t15-;/m1./s1. The zero-order chi connectivity index (χ0) is 16.1. The molecule has 0 bridgehead atoms. The molecule has 0 spiro atoms. The van der Waals surface area contributed by atoms with Crippen LogP contribution in [0, 0.1) is 0 Å². The van der Waals surface area contributed by atoms with Crippen LogP contribution < -0.4 is 14.8 Å². The second-order valence-electron chi connectivity index (χ2n) is 5.31. The van der Waals surface area contributed by atoms with Crippen molar-refractivity contribution < 1.29 is 19.0 Å². The van der Waals surface area contributed by atoms with Crippen molar-refractivity contribution in [2.75, 3.05) is 13.7 Å². The molecule has 1 saturated heterocycles. The molecule has 1 aliphatic heterocycles. The molecular formula is C18H20ClNO4. The smallest absolute Gasteiger partial charge is 0.407 e. The van der Waals surface area contributed by atoms with Crippen molar-refractivity contribution in [2.45, 2.75) is 19.1 Å². The number of nitrogens with one attached hydrogen (secondary N) is 1. The molecule has 2 aromatic rings. The van der Waals surface area contributed by atoms with Gasteiger partial charge in [0, 0.05) is 6.42 Å². The van der Waals surface area contributed by atoms with E-state index in [1.165, 1.54) is 0 Å². The summed E-state index contributed by atoms with van der Waals surface area (Å²) in [5.74, 6) is 1.33. The number of hydrogen-bond acceptors (Lipinski definition) is 4. The van der Waals surface area contributed by atoms with Gasteiger partial charge in [-0.15, -0.1) is 12.4 Å². The Hall–Kier alpha value is -2.40. The van der Waals surface area contributed by atoms with Crippen molar-refractivity contribution in [1.29, 1.82) is 0 Å². The molecule has 1 fully saturated rings. The Kier molecular flexibility index (Phi) is 6.32. The number of cyclic esters (lactones) is 1. The molecule has 0 unspecified atom stereocenters. The van der Waals surface area contributed by atoms with E-state index in [2.05, 4.69) is 5.32 Å². The van der Waals surface area contributed by atoms with Gasteiger partial charge in [-0.25, -0.2) is 4.79 Å². The first-order valence-corrected chi connectivity index (χ1v) is 7.54. The van der Waals surface area contributed by atoms with E-state index in [0.29, 0.717) is 24.7 Å². The molecule has 0 aromatic heterocycles. The van der Waals surface area contributed by atoms with Crippen LogP contribution in [-0.2, 0) is 11.3 Å². The maximum absolute atomic E-state index is 11.4. The SMILES string of the molecule is COc1ccc([C@H]2CCOC(=O)N2)cc1OCc1ccccc1.Cl. The average Bonchev–Trinajstić information content (AvgIpc) is 2.60. The lowest BCUT2D eigenvalue weighted by atomic mass is 10.0. The summed E-state index contributed by atoms with van der Waals surface area (Å²) in [5.41, 5.74) is 2.06. The Morgan fingerprint density at radius 3 is 2.67 bits per heavy atom. The Bertz CT molecular complexity index is 678. The first-order chi connectivity index (χ1) is 11.3. The minimum Gasteiger partial charge on any atom is -0.493 e. The van der Waals surface area contributed by atoms with Gasteiger partial charge in [-0.2, -0.15) is 0 Å². The highest BCUT2D eigenvalue weighted by atomic mass is 35.5. The number of benzene rings is 2. The van der Waals surface area contributed by atoms with Crippen LogP contribution in [-0.4, -0.2) is 19.8 Å². The fourth-order valence-corrected chi connectivity index (χ4v) is 2.53. The van der Waals surface area contributed by atoms with Crippen LogP contribution in [0.2, 0.25) is 0 Å². The van der Waals surface area contributed by atoms with Gasteiger partial charge in [-0.05, 0) is 23.3 Å². The molecule has 1 heterocycles. The monoisotopic (exact) mass is 349 g/mol. The summed E-state index contributed by atoms with van der Waals surface area (Å²) in [5, 5.41) is 2.81. The van der Waals surface area contributed by atoms with Crippen LogP contribution in [0.4, 0.5) is 4.79 Å². The van der Waals surface area contributed by atoms with Gasteiger partial charge >= 0.3 is 6.09 Å². The fourth-order valence-electron chi connectivity index (χ4n) is 2.53. The van der Waals surface area contributed by atoms with Crippen LogP contribution >= 0.6 is 12.4 Å². The lowest BCUT2D eigenvalue weighted by Crippen LogP contribution is -2.35. The Morgan fingerprint density at radius 1 is 1.17 bits per heavy atom. The molecule has 0 saturated carbocycles. The zero-order valence-electron chi connectivity index (χ0n) is 13.4. The third-order valence-corrected chi connectivity index (χ3v) is 3.76. The van der Waals surface area contributed by atoms with Crippen LogP contribution in [0.15, 0.2) is 48.5 Å². The number of ether oxygens (including phenoxy) is 3. The van der Waals surface area contributed by atoms with Crippen molar-refractivity contribution in [3.63, 3.8) is 0 Å². The molecule has 1 N–H and O–H groups in total. The molecule has 5 nitrogen and oxygen atoms in total. The van der Waals surface area contributed by atoms with E-state index in [1.807, 2.05) is 48.5 Å². The van der Waals surface area contributed by atoms with Crippen molar-refractivity contribution in [2.24, 2.45) is 0 Å². The Labute approximate surface area is 147 Å². The van der Waals surface area contributed by atoms with E-state index in [0.717, 1.165) is 17.5 Å². The van der Waals surface area contributed by atoms with E-state index >= 15 is 0 Å². The first kappa shape index (κ1) is 17.9. The molecule has 0 aliphatic carbocycles. The van der Waals surface area contributed by atoms with Crippen molar-refractivity contribution in [3.05, 3.63) is 59.7 Å². The number of halogens is 1. The molecule has 24 heavy (non-hydrogen) atoms. The normalized spacial score (nSPS) is 16.4. The third kappa shape index (κ3) is 4.32. The summed E-state index contributed by atoms with van der Waals surface area (Å²) in [6.07, 6.45) is 0.347. The molecule has 128 valence electrons. The van der Waals surface area contributed by atoms with Gasteiger partial charge in [0.1, 0.15) is 6.61 Å². The summed E-state index contributed by atoms with van der Waals surface area (Å²) >= 11 is 0. The molecule has 1 atom stereocenters. The predicted molar refractivity (Wildman–Crippen MR) is 92.9 cm³/mol. The lowest BCUT2D eigenvalue weighted by molar-refractivity contribution is 0.115. The molecule has 6 heteroatoms. The van der Waals surface area contributed by atoms with E-state index in [-0.39, 0.29) is 24.5 Å². The lowest BCUT2D eigenvalue weighted by Gasteiger charge is -2.24. The highest BCUT2D eigenvalue weighted by molar-refractivity contribution is 5.85. The van der Waals surface area contributed by atoms with Gasteiger partial charge in [-0.1, -0.05) is 36.4 Å². The Morgan fingerprint density at radius 2 is 1.96 bits per heavy atom. The van der Waals surface area contributed by atoms with Gasteiger partial charge in [0.2, 0.25) is 0 Å². The second kappa shape index (κ2) is 8.45. The van der Waals surface area contributed by atoms with Crippen LogP contribution in [0.5, 0.6) is 11.5 Å². The highest BCUT2D eigenvalue weighted by Crippen LogP contribution is 2.32. The number of carbonyl (C=O) groups is 1. The summed E-state index contributed by atoms with van der Waals surface area (Å²) in [6, 6.07) is 15.6. The first-order valence-electron chi connectivity index (χ1n) is 7.54. The molecule has 2 aromatic carbocycles. The maximum Gasteiger partial charge on any atom is 0.407 e. The van der Waals surface area contributed by atoms with Crippen molar-refractivity contribution in [3.8, 4) is 11.5 Å². The van der Waals surface area contributed by atoms with Crippen LogP contribution in [0.1, 0.15) is 23.6 Å². The van der Waals surface area contributed by atoms with Crippen LogP contribution in [0.3, 0.4) is 0 Å². The molecule has 3 rings (SSSR count). The van der Waals surface area contributed by atoms with E-state index in [1.54, 1.807) is 7.11 Å². The summed E-state index contributed by atoms with van der Waals surface area (Å²) in [6.45, 7) is 0.878. The number of carbonyl (C=O) groups excluding carboxylic acids is 1. The Balaban J connectivity index is 0.00000208. The quantitative estimate of drug-likeness (QED) is 0.890. The van der Waals surface area contributed by atoms with Gasteiger partial charge < -0.3 is 19.5 Å². The molecule has 1 aliphatic rings.